The van der Waals surface area contributed by atoms with Gasteiger partial charge in [0.15, 0.2) is 11.2 Å². The highest BCUT2D eigenvalue weighted by molar-refractivity contribution is 6.25. The molecule has 0 aromatic carbocycles. The van der Waals surface area contributed by atoms with Gasteiger partial charge in [0.25, 0.3) is 0 Å². The molecule has 0 aliphatic carbocycles. The highest BCUT2D eigenvalue weighted by Crippen LogP contribution is 2.34. The van der Waals surface area contributed by atoms with Crippen molar-refractivity contribution in [3.63, 3.8) is 0 Å². The van der Waals surface area contributed by atoms with Gasteiger partial charge in [0.05, 0.1) is 0 Å². The number of hydrogen-bond donors (Lipinski definition) is 3. The highest BCUT2D eigenvalue weighted by atomic mass is 35.5. The quantitative estimate of drug-likeness (QED) is 0.668. The first-order chi connectivity index (χ1) is 9.13. The van der Waals surface area contributed by atoms with Gasteiger partial charge in [-0.25, -0.2) is 9.97 Å². The van der Waals surface area contributed by atoms with Crippen LogP contribution in [0.3, 0.4) is 0 Å². The number of ether oxygens (including phenoxy) is 1. The second-order valence-corrected chi connectivity index (χ2v) is 4.19. The van der Waals surface area contributed by atoms with Crippen LogP contribution >= 0.6 is 11.6 Å². The molecule has 3 atom stereocenters. The molecule has 2 aromatic rings. The lowest BCUT2D eigenvalue weighted by Gasteiger charge is -2.15. The third-order valence-corrected chi connectivity index (χ3v) is 3.10. The first-order valence-electron chi connectivity index (χ1n) is 5.33. The fourth-order valence-electron chi connectivity index (χ4n) is 1.94. The van der Waals surface area contributed by atoms with Gasteiger partial charge >= 0.3 is 0 Å². The van der Waals surface area contributed by atoms with Crippen molar-refractivity contribution >= 4 is 22.8 Å². The van der Waals surface area contributed by atoms with Gasteiger partial charge in [-0.2, -0.15) is 4.98 Å². The Kier molecular flexibility index (Phi) is 2.77. The molecule has 0 spiro atoms. The van der Waals surface area contributed by atoms with Crippen LogP contribution in [-0.4, -0.2) is 47.0 Å². The summed E-state index contributed by atoms with van der Waals surface area (Å²) in [6, 6.07) is 0. The Bertz CT molecular complexity index is 658. The van der Waals surface area contributed by atoms with Crippen molar-refractivity contribution in [3.05, 3.63) is 23.9 Å². The van der Waals surface area contributed by atoms with E-state index in [2.05, 4.69) is 15.0 Å². The number of rotatable bonds is 1. The minimum absolute atomic E-state index is 0.0549. The van der Waals surface area contributed by atoms with E-state index >= 15 is 0 Å². The number of halogens is 1. The second-order valence-electron chi connectivity index (χ2n) is 3.98. The number of aliphatic hydroxyl groups is 2. The molecule has 19 heavy (non-hydrogen) atoms. The Balaban J connectivity index is 2.09. The molecular weight excluding hydrogens is 276 g/mol. The standard InChI is InChI=1S/C10H9ClN4O4/c11-1-4-6(16)7(17)10(19-4)15-3-14-5-8(15)12-2-13-9(5)18/h1-3,6-7,10,16-17H,(H,12,13,18)/b4-1-/t6-,7-,10-/m1/s1. The van der Waals surface area contributed by atoms with Crippen molar-refractivity contribution in [2.24, 2.45) is 0 Å². The Morgan fingerprint density at radius 1 is 1.32 bits per heavy atom. The highest BCUT2D eigenvalue weighted by Gasteiger charge is 2.41. The molecule has 0 saturated carbocycles. The van der Waals surface area contributed by atoms with E-state index in [0.29, 0.717) is 0 Å². The Morgan fingerprint density at radius 3 is 2.79 bits per heavy atom. The molecule has 3 N–H and O–H groups in total. The molecule has 1 aliphatic rings. The minimum Gasteiger partial charge on any atom is -0.492 e. The normalized spacial score (nSPS) is 29.0. The SMILES string of the molecule is Oc1ncnc2c1ncn2[C@@H]1O/C(=C\Cl)[C@@H](O)[C@H]1O. The van der Waals surface area contributed by atoms with Gasteiger partial charge in [0.2, 0.25) is 12.1 Å². The van der Waals surface area contributed by atoms with Crippen molar-refractivity contribution in [1.82, 2.24) is 19.5 Å². The lowest BCUT2D eigenvalue weighted by atomic mass is 10.2. The van der Waals surface area contributed by atoms with Crippen LogP contribution in [0.1, 0.15) is 6.23 Å². The second kappa shape index (κ2) is 4.34. The summed E-state index contributed by atoms with van der Waals surface area (Å²) in [5.74, 6) is -0.218. The molecule has 1 aliphatic heterocycles. The lowest BCUT2D eigenvalue weighted by Crippen LogP contribution is -2.27. The summed E-state index contributed by atoms with van der Waals surface area (Å²) in [6.07, 6.45) is -0.892. The molecule has 0 amide bonds. The summed E-state index contributed by atoms with van der Waals surface area (Å²) in [7, 11) is 0. The number of imidazole rings is 1. The van der Waals surface area contributed by atoms with Crippen LogP contribution in [-0.2, 0) is 4.74 Å². The van der Waals surface area contributed by atoms with E-state index in [1.165, 1.54) is 10.9 Å². The van der Waals surface area contributed by atoms with Gasteiger partial charge in [0, 0.05) is 5.54 Å². The zero-order valence-corrected chi connectivity index (χ0v) is 10.1. The fourth-order valence-corrected chi connectivity index (χ4v) is 2.12. The van der Waals surface area contributed by atoms with Crippen molar-refractivity contribution in [1.29, 1.82) is 0 Å². The molecule has 3 rings (SSSR count). The molecule has 100 valence electrons. The van der Waals surface area contributed by atoms with E-state index in [4.69, 9.17) is 16.3 Å². The molecule has 2 aromatic heterocycles. The maximum Gasteiger partial charge on any atom is 0.242 e. The van der Waals surface area contributed by atoms with E-state index in [1.807, 2.05) is 0 Å². The molecule has 0 bridgehead atoms. The summed E-state index contributed by atoms with van der Waals surface area (Å²) in [4.78, 5) is 11.5. The third kappa shape index (κ3) is 1.72. The van der Waals surface area contributed by atoms with Crippen LogP contribution in [0.2, 0.25) is 0 Å². The predicted octanol–water partition coefficient (Wildman–Crippen LogP) is -0.137. The number of aromatic nitrogens is 4. The number of fused-ring (bicyclic) bond motifs is 1. The zero-order chi connectivity index (χ0) is 13.6. The van der Waals surface area contributed by atoms with E-state index < -0.39 is 18.4 Å². The van der Waals surface area contributed by atoms with Gasteiger partial charge in [0.1, 0.15) is 30.6 Å². The maximum atomic E-state index is 9.93. The van der Waals surface area contributed by atoms with E-state index in [0.717, 1.165) is 11.9 Å². The maximum absolute atomic E-state index is 9.93. The van der Waals surface area contributed by atoms with Gasteiger partial charge in [-0.05, 0) is 0 Å². The Labute approximate surface area is 111 Å². The summed E-state index contributed by atoms with van der Waals surface area (Å²) in [6.45, 7) is 0. The van der Waals surface area contributed by atoms with E-state index in [9.17, 15) is 15.3 Å². The van der Waals surface area contributed by atoms with Gasteiger partial charge in [-0.1, -0.05) is 11.6 Å². The number of nitrogens with zero attached hydrogens (tertiary/aromatic N) is 4. The molecular formula is C10H9ClN4O4. The third-order valence-electron chi connectivity index (χ3n) is 2.89. The molecule has 9 heteroatoms. The number of hydrogen-bond acceptors (Lipinski definition) is 7. The van der Waals surface area contributed by atoms with Crippen molar-refractivity contribution in [3.8, 4) is 5.88 Å². The lowest BCUT2D eigenvalue weighted by molar-refractivity contribution is -0.0118. The van der Waals surface area contributed by atoms with Crippen LogP contribution in [0.4, 0.5) is 0 Å². The fraction of sp³-hybridized carbons (Fsp3) is 0.300. The largest absolute Gasteiger partial charge is 0.492 e. The van der Waals surface area contributed by atoms with Gasteiger partial charge in [-0.3, -0.25) is 4.57 Å². The zero-order valence-electron chi connectivity index (χ0n) is 9.38. The molecule has 1 fully saturated rings. The molecule has 1 saturated heterocycles. The minimum atomic E-state index is -1.23. The first-order valence-corrected chi connectivity index (χ1v) is 5.76. The Hall–Kier alpha value is -1.90. The van der Waals surface area contributed by atoms with Crippen LogP contribution in [0.15, 0.2) is 23.9 Å². The van der Waals surface area contributed by atoms with Crippen molar-refractivity contribution < 1.29 is 20.1 Å². The topological polar surface area (TPSA) is 114 Å². The number of aliphatic hydroxyl groups excluding tert-OH is 2. The monoisotopic (exact) mass is 284 g/mol. The molecule has 3 heterocycles. The van der Waals surface area contributed by atoms with E-state index in [-0.39, 0.29) is 22.8 Å². The van der Waals surface area contributed by atoms with E-state index in [1.54, 1.807) is 0 Å². The van der Waals surface area contributed by atoms with Crippen LogP contribution in [0, 0.1) is 0 Å². The summed E-state index contributed by atoms with van der Waals surface area (Å²) in [5, 5.41) is 29.2. The summed E-state index contributed by atoms with van der Waals surface area (Å²) >= 11 is 5.49. The van der Waals surface area contributed by atoms with Crippen molar-refractivity contribution in [2.45, 2.75) is 18.4 Å². The summed E-state index contributed by atoms with van der Waals surface area (Å²) in [5.41, 5.74) is 1.51. The molecule has 8 nitrogen and oxygen atoms in total. The van der Waals surface area contributed by atoms with Crippen molar-refractivity contribution in [2.75, 3.05) is 0 Å². The van der Waals surface area contributed by atoms with Crippen LogP contribution in [0.25, 0.3) is 11.2 Å². The van der Waals surface area contributed by atoms with Gasteiger partial charge < -0.3 is 20.1 Å². The predicted molar refractivity (Wildman–Crippen MR) is 63.1 cm³/mol. The molecule has 0 radical (unpaired) electrons. The van der Waals surface area contributed by atoms with Gasteiger partial charge in [-0.15, -0.1) is 0 Å². The average Bonchev–Trinajstić information content (AvgIpc) is 2.94. The Morgan fingerprint density at radius 2 is 2.11 bits per heavy atom. The van der Waals surface area contributed by atoms with Crippen LogP contribution < -0.4 is 0 Å². The smallest absolute Gasteiger partial charge is 0.242 e. The number of aromatic hydroxyl groups is 1. The summed E-state index contributed by atoms with van der Waals surface area (Å²) < 4.78 is 6.72. The first kappa shape index (κ1) is 12.2. The van der Waals surface area contributed by atoms with Crippen LogP contribution in [0.5, 0.6) is 5.88 Å². The average molecular weight is 285 g/mol. The molecule has 0 unspecified atom stereocenters.